The zero-order chi connectivity index (χ0) is 17.2. The molecule has 0 saturated carbocycles. The van der Waals surface area contributed by atoms with Crippen molar-refractivity contribution in [3.63, 3.8) is 0 Å². The number of likely N-dealkylation sites (tertiary alicyclic amines) is 1. The van der Waals surface area contributed by atoms with Gasteiger partial charge < -0.3 is 14.7 Å². The maximum atomic E-state index is 12.6. The molecule has 0 bridgehead atoms. The van der Waals surface area contributed by atoms with Crippen molar-refractivity contribution in [2.24, 2.45) is 5.41 Å². The number of aliphatic carboxylic acids is 1. The quantitative estimate of drug-likeness (QED) is 0.649. The van der Waals surface area contributed by atoms with E-state index in [0.29, 0.717) is 5.56 Å². The number of benzene rings is 1. The van der Waals surface area contributed by atoms with Gasteiger partial charge in [-0.05, 0) is 18.9 Å². The maximum Gasteiger partial charge on any atom is 0.313 e. The third kappa shape index (κ3) is 3.16. The number of nitro benzene ring substituents is 1. The van der Waals surface area contributed by atoms with E-state index < -0.39 is 22.2 Å². The number of carbonyl (C=O) groups excluding carboxylic acids is 1. The van der Waals surface area contributed by atoms with E-state index in [9.17, 15) is 24.8 Å². The Morgan fingerprint density at radius 1 is 1.48 bits per heavy atom. The van der Waals surface area contributed by atoms with Gasteiger partial charge in [0.1, 0.15) is 5.41 Å². The zero-order valence-electron chi connectivity index (χ0n) is 12.9. The van der Waals surface area contributed by atoms with E-state index >= 15 is 0 Å². The lowest BCUT2D eigenvalue weighted by atomic mass is 9.88. The standard InChI is InChI=1S/C15H18N2O6/c1-10-3-4-11(17(21)22)7-12(10)13(18)16-6-5-15(8-16,9-23-2)14(19)20/h3-4,7H,5-6,8-9H2,1-2H3,(H,19,20). The van der Waals surface area contributed by atoms with Crippen LogP contribution in [0, 0.1) is 22.5 Å². The number of ether oxygens (including phenoxy) is 1. The van der Waals surface area contributed by atoms with Gasteiger partial charge in [-0.15, -0.1) is 0 Å². The molecule has 1 heterocycles. The highest BCUT2D eigenvalue weighted by atomic mass is 16.6. The topological polar surface area (TPSA) is 110 Å². The van der Waals surface area contributed by atoms with Crippen molar-refractivity contribution in [3.8, 4) is 0 Å². The number of nitro groups is 1. The molecule has 0 aliphatic carbocycles. The number of carboxylic acids is 1. The van der Waals surface area contributed by atoms with Crippen LogP contribution in [0.15, 0.2) is 18.2 Å². The van der Waals surface area contributed by atoms with Gasteiger partial charge in [0.25, 0.3) is 11.6 Å². The van der Waals surface area contributed by atoms with E-state index in [1.807, 2.05) is 0 Å². The molecular formula is C15H18N2O6. The predicted molar refractivity (Wildman–Crippen MR) is 80.3 cm³/mol. The molecule has 1 saturated heterocycles. The molecule has 1 fully saturated rings. The molecule has 1 atom stereocenters. The number of nitrogens with zero attached hydrogens (tertiary/aromatic N) is 2. The minimum atomic E-state index is -1.13. The molecule has 8 heteroatoms. The summed E-state index contributed by atoms with van der Waals surface area (Å²) in [5.41, 5.74) is -0.462. The van der Waals surface area contributed by atoms with Crippen LogP contribution in [-0.2, 0) is 9.53 Å². The average Bonchev–Trinajstić information content (AvgIpc) is 2.93. The fourth-order valence-electron chi connectivity index (χ4n) is 2.80. The van der Waals surface area contributed by atoms with Crippen LogP contribution in [0.1, 0.15) is 22.3 Å². The number of non-ortho nitro benzene ring substituents is 1. The molecular weight excluding hydrogens is 304 g/mol. The van der Waals surface area contributed by atoms with Crippen LogP contribution in [0.3, 0.4) is 0 Å². The molecule has 1 aromatic rings. The third-order valence-electron chi connectivity index (χ3n) is 4.18. The second-order valence-electron chi connectivity index (χ2n) is 5.75. The van der Waals surface area contributed by atoms with E-state index in [2.05, 4.69) is 0 Å². The average molecular weight is 322 g/mol. The molecule has 1 aliphatic heterocycles. The first-order valence-corrected chi connectivity index (χ1v) is 7.07. The highest BCUT2D eigenvalue weighted by Gasteiger charge is 2.46. The minimum Gasteiger partial charge on any atom is -0.481 e. The van der Waals surface area contributed by atoms with Crippen molar-refractivity contribution in [1.29, 1.82) is 0 Å². The molecule has 0 spiro atoms. The SMILES string of the molecule is COCC1(C(=O)O)CCN(C(=O)c2cc([N+](=O)[O-])ccc2C)C1. The largest absolute Gasteiger partial charge is 0.481 e. The van der Waals surface area contributed by atoms with Crippen molar-refractivity contribution in [1.82, 2.24) is 4.90 Å². The first kappa shape index (κ1) is 16.9. The number of aryl methyl sites for hydroxylation is 1. The smallest absolute Gasteiger partial charge is 0.313 e. The zero-order valence-corrected chi connectivity index (χ0v) is 12.9. The number of carboxylic acid groups (broad SMARTS) is 1. The lowest BCUT2D eigenvalue weighted by molar-refractivity contribution is -0.384. The summed E-state index contributed by atoms with van der Waals surface area (Å²) in [6.07, 6.45) is 0.288. The minimum absolute atomic E-state index is 0.0139. The molecule has 124 valence electrons. The number of rotatable bonds is 5. The summed E-state index contributed by atoms with van der Waals surface area (Å²) in [7, 11) is 1.42. The van der Waals surface area contributed by atoms with Crippen LogP contribution in [0.5, 0.6) is 0 Å². The lowest BCUT2D eigenvalue weighted by Gasteiger charge is -2.24. The monoisotopic (exact) mass is 322 g/mol. The maximum absolute atomic E-state index is 12.6. The fourth-order valence-corrected chi connectivity index (χ4v) is 2.80. The van der Waals surface area contributed by atoms with Crippen molar-refractivity contribution in [2.45, 2.75) is 13.3 Å². The van der Waals surface area contributed by atoms with Gasteiger partial charge in [0.2, 0.25) is 0 Å². The number of hydrogen-bond acceptors (Lipinski definition) is 5. The number of methoxy groups -OCH3 is 1. The third-order valence-corrected chi connectivity index (χ3v) is 4.18. The van der Waals surface area contributed by atoms with Gasteiger partial charge >= 0.3 is 5.97 Å². The fraction of sp³-hybridized carbons (Fsp3) is 0.467. The Morgan fingerprint density at radius 3 is 2.74 bits per heavy atom. The Hall–Kier alpha value is -2.48. The summed E-state index contributed by atoms with van der Waals surface area (Å²) in [4.78, 5) is 35.9. The van der Waals surface area contributed by atoms with Gasteiger partial charge in [0.15, 0.2) is 0 Å². The van der Waals surface area contributed by atoms with E-state index in [-0.39, 0.29) is 37.4 Å². The summed E-state index contributed by atoms with van der Waals surface area (Å²) >= 11 is 0. The van der Waals surface area contributed by atoms with Crippen molar-refractivity contribution >= 4 is 17.6 Å². The van der Waals surface area contributed by atoms with Gasteiger partial charge in [-0.3, -0.25) is 19.7 Å². The Bertz CT molecular complexity index is 659. The second kappa shape index (κ2) is 6.33. The molecule has 23 heavy (non-hydrogen) atoms. The van der Waals surface area contributed by atoms with E-state index in [1.54, 1.807) is 6.92 Å². The summed E-state index contributed by atoms with van der Waals surface area (Å²) in [5, 5.41) is 20.3. The molecule has 1 aliphatic rings. The molecule has 0 radical (unpaired) electrons. The van der Waals surface area contributed by atoms with Crippen LogP contribution in [0.25, 0.3) is 0 Å². The summed E-state index contributed by atoms with van der Waals surface area (Å²) in [6, 6.07) is 4.08. The first-order chi connectivity index (χ1) is 10.8. The Balaban J connectivity index is 2.27. The Kier molecular flexibility index (Phi) is 4.65. The highest BCUT2D eigenvalue weighted by Crippen LogP contribution is 2.32. The van der Waals surface area contributed by atoms with Gasteiger partial charge in [-0.1, -0.05) is 6.07 Å². The number of amides is 1. The molecule has 1 N–H and O–H groups in total. The molecule has 2 rings (SSSR count). The van der Waals surface area contributed by atoms with Crippen molar-refractivity contribution in [2.75, 3.05) is 26.8 Å². The molecule has 1 unspecified atom stereocenters. The summed E-state index contributed by atoms with van der Waals surface area (Å²) in [6.45, 7) is 2.00. The van der Waals surface area contributed by atoms with Gasteiger partial charge in [-0.25, -0.2) is 0 Å². The van der Waals surface area contributed by atoms with Crippen LogP contribution in [0.4, 0.5) is 5.69 Å². The summed E-state index contributed by atoms with van der Waals surface area (Å²) < 4.78 is 4.99. The van der Waals surface area contributed by atoms with E-state index in [0.717, 1.165) is 0 Å². The highest BCUT2D eigenvalue weighted by molar-refractivity contribution is 5.97. The van der Waals surface area contributed by atoms with Crippen molar-refractivity contribution < 1.29 is 24.4 Å². The molecule has 0 aromatic heterocycles. The number of carbonyl (C=O) groups is 2. The van der Waals surface area contributed by atoms with Crippen molar-refractivity contribution in [3.05, 3.63) is 39.4 Å². The van der Waals surface area contributed by atoms with Gasteiger partial charge in [-0.2, -0.15) is 0 Å². The molecule has 8 nitrogen and oxygen atoms in total. The van der Waals surface area contributed by atoms with Crippen LogP contribution >= 0.6 is 0 Å². The first-order valence-electron chi connectivity index (χ1n) is 7.07. The second-order valence-corrected chi connectivity index (χ2v) is 5.75. The lowest BCUT2D eigenvalue weighted by Crippen LogP contribution is -2.40. The number of hydrogen-bond donors (Lipinski definition) is 1. The predicted octanol–water partition coefficient (Wildman–Crippen LogP) is 1.47. The van der Waals surface area contributed by atoms with E-state index in [1.165, 1.54) is 30.2 Å². The summed E-state index contributed by atoms with van der Waals surface area (Å²) in [5.74, 6) is -1.41. The van der Waals surface area contributed by atoms with Gasteiger partial charge in [0, 0.05) is 37.9 Å². The van der Waals surface area contributed by atoms with E-state index in [4.69, 9.17) is 4.74 Å². The van der Waals surface area contributed by atoms with Crippen LogP contribution in [0.2, 0.25) is 0 Å². The molecule has 1 amide bonds. The molecule has 1 aromatic carbocycles. The Labute approximate surface area is 132 Å². The normalized spacial score (nSPS) is 20.5. The Morgan fingerprint density at radius 2 is 2.17 bits per heavy atom. The van der Waals surface area contributed by atoms with Crippen LogP contribution < -0.4 is 0 Å². The van der Waals surface area contributed by atoms with Crippen LogP contribution in [-0.4, -0.2) is 53.6 Å². The van der Waals surface area contributed by atoms with Gasteiger partial charge in [0.05, 0.1) is 11.5 Å².